The van der Waals surface area contributed by atoms with Gasteiger partial charge in [-0.2, -0.15) is 13.2 Å². The Kier molecular flexibility index (Phi) is 3.28. The van der Waals surface area contributed by atoms with Crippen LogP contribution in [-0.2, 0) is 10.3 Å². The van der Waals surface area contributed by atoms with Crippen LogP contribution in [0.1, 0.15) is 28.3 Å². The van der Waals surface area contributed by atoms with E-state index < -0.39 is 23.7 Å². The molecule has 0 fully saturated rings. The number of aryl methyl sites for hydroxylation is 1. The topological polar surface area (TPSA) is 32.3 Å². The minimum Gasteiger partial charge on any atom is -0.313 e. The van der Waals surface area contributed by atoms with Crippen molar-refractivity contribution in [3.63, 3.8) is 0 Å². The number of carbonyl (C=O) groups excluding carboxylic acids is 1. The van der Waals surface area contributed by atoms with Gasteiger partial charge in [0.25, 0.3) is 5.91 Å². The first-order valence-electron chi connectivity index (χ1n) is 7.70. The molecule has 7 heteroatoms. The largest absolute Gasteiger partial charge is 0.407 e. The third kappa shape index (κ3) is 2.01. The molecule has 2 aromatic carbocycles. The average Bonchev–Trinajstić information content (AvgIpc) is 2.98. The van der Waals surface area contributed by atoms with Gasteiger partial charge in [0.1, 0.15) is 6.04 Å². The number of alkyl halides is 3. The van der Waals surface area contributed by atoms with Crippen LogP contribution in [0.2, 0.25) is 5.02 Å². The Balaban J connectivity index is 2.06. The van der Waals surface area contributed by atoms with Crippen LogP contribution in [0.25, 0.3) is 0 Å². The van der Waals surface area contributed by atoms with Gasteiger partial charge in [-0.1, -0.05) is 35.9 Å². The Labute approximate surface area is 147 Å². The summed E-state index contributed by atoms with van der Waals surface area (Å²) in [6.07, 6.45) is -4.52. The molecule has 25 heavy (non-hydrogen) atoms. The summed E-state index contributed by atoms with van der Waals surface area (Å²) in [5, 5.41) is 2.97. The number of nitrogens with one attached hydrogen (secondary N) is 1. The van der Waals surface area contributed by atoms with E-state index in [0.717, 1.165) is 5.56 Å². The van der Waals surface area contributed by atoms with E-state index in [1.165, 1.54) is 11.0 Å². The van der Waals surface area contributed by atoms with Crippen LogP contribution in [0.15, 0.2) is 36.4 Å². The van der Waals surface area contributed by atoms with Gasteiger partial charge in [-0.25, -0.2) is 0 Å². The fraction of sp³-hybridized carbons (Fsp3) is 0.278. The van der Waals surface area contributed by atoms with E-state index in [9.17, 15) is 18.0 Å². The van der Waals surface area contributed by atoms with Crippen molar-refractivity contribution in [2.24, 2.45) is 0 Å². The minimum atomic E-state index is -4.52. The summed E-state index contributed by atoms with van der Waals surface area (Å²) in [6, 6.07) is 7.54. The molecule has 130 valence electrons. The van der Waals surface area contributed by atoms with Crippen LogP contribution >= 0.6 is 11.6 Å². The summed E-state index contributed by atoms with van der Waals surface area (Å²) in [5.41, 5.74) is 0.627. The number of nitrogens with zero attached hydrogens (tertiary/aromatic N) is 1. The minimum absolute atomic E-state index is 0.0715. The fourth-order valence-electron chi connectivity index (χ4n) is 4.06. The molecule has 0 radical (unpaired) electrons. The van der Waals surface area contributed by atoms with Crippen molar-refractivity contribution >= 4 is 23.2 Å². The summed E-state index contributed by atoms with van der Waals surface area (Å²) < 4.78 is 40.9. The van der Waals surface area contributed by atoms with E-state index >= 15 is 0 Å². The molecule has 0 aliphatic carbocycles. The maximum absolute atomic E-state index is 13.6. The SMILES string of the molecule is Cc1cc(Cl)cc2c1N(C)C(=O)C21NC(C(F)(F)F)c2ccccc21. The Morgan fingerprint density at radius 3 is 2.56 bits per heavy atom. The van der Waals surface area contributed by atoms with Crippen molar-refractivity contribution in [3.05, 3.63) is 63.7 Å². The van der Waals surface area contributed by atoms with Crippen LogP contribution in [0.3, 0.4) is 0 Å². The lowest BCUT2D eigenvalue weighted by atomic mass is 9.84. The first kappa shape index (κ1) is 16.4. The molecule has 0 aromatic heterocycles. The number of rotatable bonds is 0. The van der Waals surface area contributed by atoms with E-state index in [2.05, 4.69) is 5.32 Å². The zero-order valence-corrected chi connectivity index (χ0v) is 14.2. The summed E-state index contributed by atoms with van der Waals surface area (Å²) in [5.74, 6) is -0.438. The molecule has 1 spiro atoms. The van der Waals surface area contributed by atoms with E-state index in [0.29, 0.717) is 21.8 Å². The zero-order valence-electron chi connectivity index (χ0n) is 13.4. The first-order chi connectivity index (χ1) is 11.7. The lowest BCUT2D eigenvalue weighted by molar-refractivity contribution is -0.159. The molecule has 2 heterocycles. The summed E-state index contributed by atoms with van der Waals surface area (Å²) in [6.45, 7) is 1.79. The predicted octanol–water partition coefficient (Wildman–Crippen LogP) is 4.08. The predicted molar refractivity (Wildman–Crippen MR) is 88.8 cm³/mol. The third-order valence-corrected chi connectivity index (χ3v) is 5.21. The highest BCUT2D eigenvalue weighted by Crippen LogP contribution is 2.54. The molecule has 1 N–H and O–H groups in total. The van der Waals surface area contributed by atoms with Crippen molar-refractivity contribution in [1.29, 1.82) is 0 Å². The number of anilines is 1. The van der Waals surface area contributed by atoms with Crippen molar-refractivity contribution in [1.82, 2.24) is 5.32 Å². The standard InChI is InChI=1S/C18H14ClF3N2O/c1-9-7-10(19)8-13-14(9)24(2)16(25)17(13)12-6-4-3-5-11(12)15(23-17)18(20,21)22/h3-8,15,23H,1-2H3. The summed E-state index contributed by atoms with van der Waals surface area (Å²) in [4.78, 5) is 14.5. The molecule has 4 rings (SSSR count). The van der Waals surface area contributed by atoms with Crippen molar-refractivity contribution < 1.29 is 18.0 Å². The normalized spacial score (nSPS) is 24.8. The van der Waals surface area contributed by atoms with E-state index in [-0.39, 0.29) is 5.56 Å². The quantitative estimate of drug-likeness (QED) is 0.762. The van der Waals surface area contributed by atoms with Crippen molar-refractivity contribution in [2.45, 2.75) is 24.7 Å². The van der Waals surface area contributed by atoms with Gasteiger partial charge in [0.15, 0.2) is 5.54 Å². The maximum Gasteiger partial charge on any atom is 0.407 e. The number of halogens is 4. The van der Waals surface area contributed by atoms with E-state index in [1.54, 1.807) is 44.3 Å². The smallest absolute Gasteiger partial charge is 0.313 e. The number of benzene rings is 2. The Hall–Kier alpha value is -2.05. The maximum atomic E-state index is 13.6. The molecular formula is C18H14ClF3N2O. The second kappa shape index (κ2) is 4.99. The van der Waals surface area contributed by atoms with Crippen molar-refractivity contribution in [2.75, 3.05) is 11.9 Å². The van der Waals surface area contributed by atoms with Crippen LogP contribution in [0.4, 0.5) is 18.9 Å². The van der Waals surface area contributed by atoms with Gasteiger partial charge < -0.3 is 4.90 Å². The third-order valence-electron chi connectivity index (χ3n) is 4.99. The first-order valence-corrected chi connectivity index (χ1v) is 8.08. The molecule has 2 unspecified atom stereocenters. The van der Waals surface area contributed by atoms with Crippen LogP contribution in [0.5, 0.6) is 0 Å². The molecule has 3 nitrogen and oxygen atoms in total. The number of likely N-dealkylation sites (N-methyl/N-ethyl adjacent to an activating group) is 1. The molecule has 1 amide bonds. The molecule has 2 atom stereocenters. The van der Waals surface area contributed by atoms with Gasteiger partial charge in [-0.3, -0.25) is 10.1 Å². The molecule has 0 saturated heterocycles. The van der Waals surface area contributed by atoms with Gasteiger partial charge in [0.05, 0.1) is 5.69 Å². The fourth-order valence-corrected chi connectivity index (χ4v) is 4.33. The van der Waals surface area contributed by atoms with E-state index in [1.807, 2.05) is 0 Å². The van der Waals surface area contributed by atoms with Gasteiger partial charge in [-0.05, 0) is 35.7 Å². The number of hydrogen-bond acceptors (Lipinski definition) is 2. The second-order valence-electron chi connectivity index (χ2n) is 6.44. The lowest BCUT2D eigenvalue weighted by Crippen LogP contribution is -2.49. The highest BCUT2D eigenvalue weighted by atomic mass is 35.5. The Bertz CT molecular complexity index is 912. The van der Waals surface area contributed by atoms with E-state index in [4.69, 9.17) is 11.6 Å². The van der Waals surface area contributed by atoms with Gasteiger partial charge in [-0.15, -0.1) is 0 Å². The monoisotopic (exact) mass is 366 g/mol. The molecule has 2 aliphatic rings. The zero-order chi connectivity index (χ0) is 18.1. The lowest BCUT2D eigenvalue weighted by Gasteiger charge is -2.26. The molecule has 2 aromatic rings. The number of amides is 1. The molecule has 0 bridgehead atoms. The highest BCUT2D eigenvalue weighted by molar-refractivity contribution is 6.31. The van der Waals surface area contributed by atoms with Crippen LogP contribution in [-0.4, -0.2) is 19.1 Å². The number of carbonyl (C=O) groups is 1. The molecular weight excluding hydrogens is 353 g/mol. The second-order valence-corrected chi connectivity index (χ2v) is 6.88. The van der Waals surface area contributed by atoms with Gasteiger partial charge in [0.2, 0.25) is 0 Å². The Morgan fingerprint density at radius 1 is 1.20 bits per heavy atom. The molecule has 0 saturated carbocycles. The van der Waals surface area contributed by atoms with Crippen LogP contribution in [0, 0.1) is 6.92 Å². The van der Waals surface area contributed by atoms with Crippen LogP contribution < -0.4 is 10.2 Å². The average molecular weight is 367 g/mol. The van der Waals surface area contributed by atoms with Gasteiger partial charge in [0, 0.05) is 17.6 Å². The Morgan fingerprint density at radius 2 is 1.88 bits per heavy atom. The number of hydrogen-bond donors (Lipinski definition) is 1. The number of fused-ring (bicyclic) bond motifs is 4. The van der Waals surface area contributed by atoms with Gasteiger partial charge >= 0.3 is 6.18 Å². The summed E-state index contributed by atoms with van der Waals surface area (Å²) in [7, 11) is 1.57. The molecule has 2 aliphatic heterocycles. The summed E-state index contributed by atoms with van der Waals surface area (Å²) >= 11 is 6.16. The van der Waals surface area contributed by atoms with Crippen molar-refractivity contribution in [3.8, 4) is 0 Å². The highest BCUT2D eigenvalue weighted by Gasteiger charge is 2.61.